The van der Waals surface area contributed by atoms with Crippen LogP contribution in [0.4, 0.5) is 4.39 Å². The zero-order valence-corrected chi connectivity index (χ0v) is 12.5. The minimum atomic E-state index is -0.311. The molecule has 0 saturated heterocycles. The van der Waals surface area contributed by atoms with Crippen LogP contribution in [0.2, 0.25) is 0 Å². The molecule has 2 aromatic rings. The van der Waals surface area contributed by atoms with Gasteiger partial charge in [-0.05, 0) is 39.7 Å². The molecule has 2 aromatic carbocycles. The Morgan fingerprint density at radius 1 is 1.25 bits per heavy atom. The van der Waals surface area contributed by atoms with Crippen LogP contribution >= 0.6 is 15.9 Å². The van der Waals surface area contributed by atoms with E-state index in [0.29, 0.717) is 27.1 Å². The normalized spacial score (nSPS) is 10.4. The molecule has 0 amide bonds. The monoisotopic (exact) mass is 340 g/mol. The van der Waals surface area contributed by atoms with E-state index in [0.717, 1.165) is 0 Å². The molecule has 106 valence electrons. The molecule has 0 fully saturated rings. The van der Waals surface area contributed by atoms with Gasteiger partial charge in [0.1, 0.15) is 12.4 Å². The predicted molar refractivity (Wildman–Crippen MR) is 77.3 cm³/mol. The zero-order valence-electron chi connectivity index (χ0n) is 10.9. The first-order valence-corrected chi connectivity index (χ1v) is 6.78. The quantitative estimate of drug-likeness (QED) is 0.902. The maximum Gasteiger partial charge on any atom is 0.175 e. The van der Waals surface area contributed by atoms with Crippen LogP contribution in [0.3, 0.4) is 0 Å². The summed E-state index contributed by atoms with van der Waals surface area (Å²) in [6, 6.07) is 9.85. The standard InChI is InChI=1S/C15H14BrFO3/c1-19-14-7-10(8-18)6-12(16)15(14)20-9-11-4-2-3-5-13(11)17/h2-7,18H,8-9H2,1H3. The topological polar surface area (TPSA) is 38.7 Å². The second-order valence-corrected chi connectivity index (χ2v) is 5.00. The molecule has 0 saturated carbocycles. The highest BCUT2D eigenvalue weighted by molar-refractivity contribution is 9.10. The van der Waals surface area contributed by atoms with Crippen molar-refractivity contribution in [2.75, 3.05) is 7.11 Å². The van der Waals surface area contributed by atoms with Gasteiger partial charge in [-0.1, -0.05) is 18.2 Å². The van der Waals surface area contributed by atoms with E-state index in [1.165, 1.54) is 13.2 Å². The summed E-state index contributed by atoms with van der Waals surface area (Å²) in [5.74, 6) is 0.655. The molecule has 0 heterocycles. The summed E-state index contributed by atoms with van der Waals surface area (Å²) in [5.41, 5.74) is 1.17. The van der Waals surface area contributed by atoms with E-state index in [1.54, 1.807) is 30.3 Å². The van der Waals surface area contributed by atoms with Crippen LogP contribution in [0, 0.1) is 5.82 Å². The molecule has 3 nitrogen and oxygen atoms in total. The maximum atomic E-state index is 13.5. The SMILES string of the molecule is COc1cc(CO)cc(Br)c1OCc1ccccc1F. The van der Waals surface area contributed by atoms with Gasteiger partial charge in [-0.3, -0.25) is 0 Å². The Hall–Kier alpha value is -1.59. The van der Waals surface area contributed by atoms with Crippen molar-refractivity contribution in [3.05, 3.63) is 57.8 Å². The van der Waals surface area contributed by atoms with Gasteiger partial charge < -0.3 is 14.6 Å². The number of halogens is 2. The summed E-state index contributed by atoms with van der Waals surface area (Å²) in [7, 11) is 1.51. The lowest BCUT2D eigenvalue weighted by Crippen LogP contribution is -2.01. The molecule has 0 aromatic heterocycles. The molecule has 0 spiro atoms. The van der Waals surface area contributed by atoms with Crippen LogP contribution in [0.5, 0.6) is 11.5 Å². The average Bonchev–Trinajstić information content (AvgIpc) is 2.46. The highest BCUT2D eigenvalue weighted by Gasteiger charge is 2.12. The van der Waals surface area contributed by atoms with Crippen molar-refractivity contribution in [2.45, 2.75) is 13.2 Å². The van der Waals surface area contributed by atoms with Crippen molar-refractivity contribution < 1.29 is 19.0 Å². The van der Waals surface area contributed by atoms with E-state index in [-0.39, 0.29) is 19.0 Å². The largest absolute Gasteiger partial charge is 0.493 e. The fourth-order valence-corrected chi connectivity index (χ4v) is 2.37. The third kappa shape index (κ3) is 3.29. The van der Waals surface area contributed by atoms with Crippen LogP contribution in [-0.4, -0.2) is 12.2 Å². The summed E-state index contributed by atoms with van der Waals surface area (Å²) >= 11 is 3.36. The Morgan fingerprint density at radius 2 is 2.00 bits per heavy atom. The number of methoxy groups -OCH3 is 1. The average molecular weight is 341 g/mol. The lowest BCUT2D eigenvalue weighted by atomic mass is 10.2. The predicted octanol–water partition coefficient (Wildman–Crippen LogP) is 3.67. The van der Waals surface area contributed by atoms with Crippen molar-refractivity contribution in [3.8, 4) is 11.5 Å². The van der Waals surface area contributed by atoms with E-state index < -0.39 is 0 Å². The van der Waals surface area contributed by atoms with Gasteiger partial charge in [0.15, 0.2) is 11.5 Å². The number of aliphatic hydroxyl groups is 1. The van der Waals surface area contributed by atoms with Crippen LogP contribution in [-0.2, 0) is 13.2 Å². The number of hydrogen-bond donors (Lipinski definition) is 1. The van der Waals surface area contributed by atoms with Gasteiger partial charge in [0, 0.05) is 5.56 Å². The van der Waals surface area contributed by atoms with Gasteiger partial charge in [-0.25, -0.2) is 4.39 Å². The van der Waals surface area contributed by atoms with Crippen molar-refractivity contribution >= 4 is 15.9 Å². The van der Waals surface area contributed by atoms with Crippen molar-refractivity contribution in [2.24, 2.45) is 0 Å². The third-order valence-corrected chi connectivity index (χ3v) is 3.39. The molecule has 0 aliphatic rings. The van der Waals surface area contributed by atoms with Crippen LogP contribution < -0.4 is 9.47 Å². The van der Waals surface area contributed by atoms with E-state index >= 15 is 0 Å². The highest BCUT2D eigenvalue weighted by Crippen LogP contribution is 2.37. The Labute approximate surface area is 125 Å². The molecule has 0 bridgehead atoms. The minimum absolute atomic E-state index is 0.0947. The summed E-state index contributed by atoms with van der Waals surface area (Å²) in [6.45, 7) is 0.00264. The highest BCUT2D eigenvalue weighted by atomic mass is 79.9. The fourth-order valence-electron chi connectivity index (χ4n) is 1.77. The van der Waals surface area contributed by atoms with Crippen molar-refractivity contribution in [1.29, 1.82) is 0 Å². The Balaban J connectivity index is 2.23. The Bertz CT molecular complexity index is 602. The molecule has 20 heavy (non-hydrogen) atoms. The van der Waals surface area contributed by atoms with Crippen molar-refractivity contribution in [3.63, 3.8) is 0 Å². The van der Waals surface area contributed by atoms with Crippen LogP contribution in [0.15, 0.2) is 40.9 Å². The first-order valence-electron chi connectivity index (χ1n) is 5.99. The Morgan fingerprint density at radius 3 is 2.65 bits per heavy atom. The molecular formula is C15H14BrFO3. The second-order valence-electron chi connectivity index (χ2n) is 4.15. The van der Waals surface area contributed by atoms with Gasteiger partial charge in [0.25, 0.3) is 0 Å². The van der Waals surface area contributed by atoms with Crippen LogP contribution in [0.25, 0.3) is 0 Å². The first kappa shape index (κ1) is 14.8. The van der Waals surface area contributed by atoms with E-state index in [9.17, 15) is 4.39 Å². The molecule has 0 aliphatic heterocycles. The number of ether oxygens (including phenoxy) is 2. The van der Waals surface area contributed by atoms with Gasteiger partial charge in [0.05, 0.1) is 18.2 Å². The molecule has 0 unspecified atom stereocenters. The number of rotatable bonds is 5. The number of hydrogen-bond acceptors (Lipinski definition) is 3. The van der Waals surface area contributed by atoms with E-state index in [1.807, 2.05) is 0 Å². The molecule has 2 rings (SSSR count). The number of aliphatic hydroxyl groups excluding tert-OH is 1. The lowest BCUT2D eigenvalue weighted by molar-refractivity contribution is 0.270. The zero-order chi connectivity index (χ0) is 14.5. The molecule has 0 radical (unpaired) electrons. The molecular weight excluding hydrogens is 327 g/mol. The molecule has 1 N–H and O–H groups in total. The van der Waals surface area contributed by atoms with Gasteiger partial charge in [-0.2, -0.15) is 0 Å². The number of benzene rings is 2. The van der Waals surface area contributed by atoms with Gasteiger partial charge in [0.2, 0.25) is 0 Å². The fraction of sp³-hybridized carbons (Fsp3) is 0.200. The lowest BCUT2D eigenvalue weighted by Gasteiger charge is -2.14. The van der Waals surface area contributed by atoms with E-state index in [4.69, 9.17) is 14.6 Å². The molecule has 5 heteroatoms. The summed E-state index contributed by atoms with van der Waals surface area (Å²) < 4.78 is 25.0. The Kier molecular flexibility index (Phi) is 4.98. The smallest absolute Gasteiger partial charge is 0.175 e. The summed E-state index contributed by atoms with van der Waals surface area (Å²) in [5, 5.41) is 9.15. The summed E-state index contributed by atoms with van der Waals surface area (Å²) in [6.07, 6.45) is 0. The first-order chi connectivity index (χ1) is 9.65. The van der Waals surface area contributed by atoms with Gasteiger partial charge in [-0.15, -0.1) is 0 Å². The second kappa shape index (κ2) is 6.72. The summed E-state index contributed by atoms with van der Waals surface area (Å²) in [4.78, 5) is 0. The van der Waals surface area contributed by atoms with E-state index in [2.05, 4.69) is 15.9 Å². The molecule has 0 atom stereocenters. The maximum absolute atomic E-state index is 13.5. The third-order valence-electron chi connectivity index (χ3n) is 2.80. The van der Waals surface area contributed by atoms with Crippen LogP contribution in [0.1, 0.15) is 11.1 Å². The van der Waals surface area contributed by atoms with Gasteiger partial charge >= 0.3 is 0 Å². The minimum Gasteiger partial charge on any atom is -0.493 e. The molecule has 0 aliphatic carbocycles. The van der Waals surface area contributed by atoms with Crippen molar-refractivity contribution in [1.82, 2.24) is 0 Å².